The van der Waals surface area contributed by atoms with E-state index in [4.69, 9.17) is 9.47 Å². The Hall–Kier alpha value is -2.83. The lowest BCUT2D eigenvalue weighted by Gasteiger charge is -2.13. The topological polar surface area (TPSA) is 93.7 Å². The van der Waals surface area contributed by atoms with Crippen molar-refractivity contribution in [3.05, 3.63) is 35.4 Å². The third-order valence-electron chi connectivity index (χ3n) is 3.16. The lowest BCUT2D eigenvalue weighted by atomic mass is 10.1. The molecule has 0 aliphatic rings. The van der Waals surface area contributed by atoms with E-state index < -0.39 is 5.97 Å². The first-order chi connectivity index (χ1) is 11.4. The van der Waals surface area contributed by atoms with E-state index in [0.717, 1.165) is 0 Å². The zero-order valence-electron chi connectivity index (χ0n) is 14.3. The van der Waals surface area contributed by atoms with Crippen molar-refractivity contribution in [2.75, 3.05) is 25.6 Å². The molecule has 0 unspecified atom stereocenters. The summed E-state index contributed by atoms with van der Waals surface area (Å²) in [5.74, 6) is -0.865. The standard InChI is InChI=1S/C17H22N2O5/c1-5-11(3)16(21)19-14-8-7-12(9-13(14)17(22)18-4)24-10-15(20)23-6-2/h5,7-9H,6,10H2,1-4H3,(H,18,22)(H,19,21)/b11-5+. The summed E-state index contributed by atoms with van der Waals surface area (Å²) in [6.07, 6.45) is 1.67. The van der Waals surface area contributed by atoms with E-state index in [1.807, 2.05) is 0 Å². The number of hydrogen-bond acceptors (Lipinski definition) is 5. The van der Waals surface area contributed by atoms with Gasteiger partial charge >= 0.3 is 5.97 Å². The van der Waals surface area contributed by atoms with Crippen LogP contribution in [0.1, 0.15) is 31.1 Å². The first-order valence-corrected chi connectivity index (χ1v) is 7.51. The number of amides is 2. The zero-order valence-corrected chi connectivity index (χ0v) is 14.3. The van der Waals surface area contributed by atoms with E-state index in [2.05, 4.69) is 10.6 Å². The quantitative estimate of drug-likeness (QED) is 0.587. The number of hydrogen-bond donors (Lipinski definition) is 2. The fourth-order valence-electron chi connectivity index (χ4n) is 1.74. The van der Waals surface area contributed by atoms with Crippen LogP contribution in [0.4, 0.5) is 5.69 Å². The van der Waals surface area contributed by atoms with E-state index >= 15 is 0 Å². The molecule has 0 heterocycles. The second-order valence-electron chi connectivity index (χ2n) is 4.81. The van der Waals surface area contributed by atoms with E-state index in [1.165, 1.54) is 13.1 Å². The monoisotopic (exact) mass is 334 g/mol. The smallest absolute Gasteiger partial charge is 0.344 e. The molecular weight excluding hydrogens is 312 g/mol. The SMILES string of the molecule is C/C=C(\C)C(=O)Nc1ccc(OCC(=O)OCC)cc1C(=O)NC. The molecule has 7 heteroatoms. The third-order valence-corrected chi connectivity index (χ3v) is 3.16. The van der Waals surface area contributed by atoms with Gasteiger partial charge in [-0.05, 0) is 39.0 Å². The van der Waals surface area contributed by atoms with Crippen LogP contribution in [0.25, 0.3) is 0 Å². The van der Waals surface area contributed by atoms with Crippen molar-refractivity contribution in [3.8, 4) is 5.75 Å². The number of carbonyl (C=O) groups is 3. The predicted octanol–water partition coefficient (Wildman–Crippen LogP) is 1.89. The Morgan fingerprint density at radius 3 is 2.54 bits per heavy atom. The second kappa shape index (κ2) is 9.34. The number of allylic oxidation sites excluding steroid dienone is 1. The van der Waals surface area contributed by atoms with Crippen LogP contribution in [-0.4, -0.2) is 38.0 Å². The molecule has 0 aliphatic heterocycles. The summed E-state index contributed by atoms with van der Waals surface area (Å²) in [4.78, 5) is 35.3. The van der Waals surface area contributed by atoms with Crippen LogP contribution >= 0.6 is 0 Å². The molecule has 0 aliphatic carbocycles. The summed E-state index contributed by atoms with van der Waals surface area (Å²) in [5, 5.41) is 5.17. The molecule has 7 nitrogen and oxygen atoms in total. The van der Waals surface area contributed by atoms with E-state index in [9.17, 15) is 14.4 Å². The van der Waals surface area contributed by atoms with Crippen molar-refractivity contribution >= 4 is 23.5 Å². The van der Waals surface area contributed by atoms with Crippen LogP contribution < -0.4 is 15.4 Å². The van der Waals surface area contributed by atoms with Gasteiger partial charge in [-0.2, -0.15) is 0 Å². The minimum Gasteiger partial charge on any atom is -0.482 e. The number of esters is 1. The molecule has 2 amide bonds. The van der Waals surface area contributed by atoms with Crippen molar-refractivity contribution in [2.45, 2.75) is 20.8 Å². The number of nitrogens with one attached hydrogen (secondary N) is 2. The molecular formula is C17H22N2O5. The van der Waals surface area contributed by atoms with Crippen LogP contribution in [0.5, 0.6) is 5.75 Å². The molecule has 0 aromatic heterocycles. The average molecular weight is 334 g/mol. The minimum absolute atomic E-state index is 0.233. The summed E-state index contributed by atoms with van der Waals surface area (Å²) in [6, 6.07) is 4.57. The zero-order chi connectivity index (χ0) is 18.1. The maximum Gasteiger partial charge on any atom is 0.344 e. The Morgan fingerprint density at radius 1 is 1.25 bits per heavy atom. The summed E-state index contributed by atoms with van der Waals surface area (Å²) in [5.41, 5.74) is 1.11. The van der Waals surface area contributed by atoms with Crippen molar-refractivity contribution < 1.29 is 23.9 Å². The maximum absolute atomic E-state index is 12.0. The molecule has 0 saturated carbocycles. The third kappa shape index (κ3) is 5.42. The number of rotatable bonds is 7. The van der Waals surface area contributed by atoms with Crippen molar-refractivity contribution in [3.63, 3.8) is 0 Å². The fourth-order valence-corrected chi connectivity index (χ4v) is 1.74. The van der Waals surface area contributed by atoms with Crippen LogP contribution in [0.2, 0.25) is 0 Å². The van der Waals surface area contributed by atoms with Gasteiger partial charge in [0.15, 0.2) is 6.61 Å². The lowest BCUT2D eigenvalue weighted by Crippen LogP contribution is -2.22. The number of ether oxygens (including phenoxy) is 2. The molecule has 1 rings (SSSR count). The molecule has 2 N–H and O–H groups in total. The summed E-state index contributed by atoms with van der Waals surface area (Å²) >= 11 is 0. The van der Waals surface area contributed by atoms with Gasteiger partial charge in [0.2, 0.25) is 0 Å². The van der Waals surface area contributed by atoms with Crippen LogP contribution in [0.15, 0.2) is 29.8 Å². The molecule has 0 spiro atoms. The Bertz CT molecular complexity index is 652. The molecule has 0 atom stereocenters. The van der Waals surface area contributed by atoms with E-state index in [1.54, 1.807) is 39.0 Å². The lowest BCUT2D eigenvalue weighted by molar-refractivity contribution is -0.145. The van der Waals surface area contributed by atoms with Crippen LogP contribution in [0, 0.1) is 0 Å². The van der Waals surface area contributed by atoms with E-state index in [-0.39, 0.29) is 30.6 Å². The first-order valence-electron chi connectivity index (χ1n) is 7.51. The summed E-state index contributed by atoms with van der Waals surface area (Å²) in [7, 11) is 1.48. The molecule has 1 aromatic carbocycles. The van der Waals surface area contributed by atoms with Gasteiger partial charge in [0, 0.05) is 12.6 Å². The highest BCUT2D eigenvalue weighted by molar-refractivity contribution is 6.08. The van der Waals surface area contributed by atoms with Crippen molar-refractivity contribution in [2.24, 2.45) is 0 Å². The largest absolute Gasteiger partial charge is 0.482 e. The van der Waals surface area contributed by atoms with Crippen molar-refractivity contribution in [1.29, 1.82) is 0 Å². The van der Waals surface area contributed by atoms with Crippen LogP contribution in [0.3, 0.4) is 0 Å². The maximum atomic E-state index is 12.0. The van der Waals surface area contributed by atoms with Gasteiger partial charge in [-0.15, -0.1) is 0 Å². The highest BCUT2D eigenvalue weighted by Crippen LogP contribution is 2.23. The molecule has 0 bridgehead atoms. The predicted molar refractivity (Wildman–Crippen MR) is 90.0 cm³/mol. The van der Waals surface area contributed by atoms with Gasteiger partial charge in [0.25, 0.3) is 11.8 Å². The van der Waals surface area contributed by atoms with Gasteiger partial charge in [0.05, 0.1) is 17.9 Å². The van der Waals surface area contributed by atoms with Gasteiger partial charge < -0.3 is 20.1 Å². The number of anilines is 1. The van der Waals surface area contributed by atoms with Crippen LogP contribution in [-0.2, 0) is 14.3 Å². The minimum atomic E-state index is -0.500. The number of benzene rings is 1. The Morgan fingerprint density at radius 2 is 1.96 bits per heavy atom. The van der Waals surface area contributed by atoms with Gasteiger partial charge in [0.1, 0.15) is 5.75 Å². The second-order valence-corrected chi connectivity index (χ2v) is 4.81. The molecule has 130 valence electrons. The van der Waals surface area contributed by atoms with Gasteiger partial charge in [-0.1, -0.05) is 6.08 Å². The number of carbonyl (C=O) groups excluding carboxylic acids is 3. The van der Waals surface area contributed by atoms with Gasteiger partial charge in [-0.25, -0.2) is 4.79 Å². The van der Waals surface area contributed by atoms with Gasteiger partial charge in [-0.3, -0.25) is 9.59 Å². The molecule has 0 fully saturated rings. The Labute approximate surface area is 141 Å². The molecule has 0 radical (unpaired) electrons. The highest BCUT2D eigenvalue weighted by Gasteiger charge is 2.15. The Kier molecular flexibility index (Phi) is 7.48. The first kappa shape index (κ1) is 19.2. The average Bonchev–Trinajstić information content (AvgIpc) is 2.59. The summed E-state index contributed by atoms with van der Waals surface area (Å²) in [6.45, 7) is 5.13. The molecule has 1 aromatic rings. The molecule has 24 heavy (non-hydrogen) atoms. The normalized spacial score (nSPS) is 10.8. The Balaban J connectivity index is 2.99. The summed E-state index contributed by atoms with van der Waals surface area (Å²) < 4.78 is 10.1. The fraction of sp³-hybridized carbons (Fsp3) is 0.353. The van der Waals surface area contributed by atoms with E-state index in [0.29, 0.717) is 17.0 Å². The highest BCUT2D eigenvalue weighted by atomic mass is 16.6. The van der Waals surface area contributed by atoms with Crippen molar-refractivity contribution in [1.82, 2.24) is 5.32 Å². The molecule has 0 saturated heterocycles.